The van der Waals surface area contributed by atoms with E-state index in [1.807, 2.05) is 0 Å². The van der Waals surface area contributed by atoms with Gasteiger partial charge < -0.3 is 0 Å². The highest BCUT2D eigenvalue weighted by Gasteiger charge is 2.46. The van der Waals surface area contributed by atoms with Gasteiger partial charge in [-0.15, -0.1) is 10.2 Å². The van der Waals surface area contributed by atoms with Gasteiger partial charge in [0, 0.05) is 29.3 Å². The average molecular weight is 504 g/mol. The highest BCUT2D eigenvalue weighted by Crippen LogP contribution is 2.43. The number of halogens is 1. The molecule has 4 aromatic rings. The van der Waals surface area contributed by atoms with Crippen LogP contribution in [-0.4, -0.2) is 0 Å². The molecule has 0 unspecified atom stereocenters. The maximum absolute atomic E-state index is 8.49. The van der Waals surface area contributed by atoms with E-state index >= 15 is 0 Å². The molecule has 1 aliphatic rings. The number of benzene rings is 3. The van der Waals surface area contributed by atoms with E-state index in [1.54, 1.807) is 0 Å². The normalized spacial score (nSPS) is 13.9. The van der Waals surface area contributed by atoms with Crippen molar-refractivity contribution in [3.05, 3.63) is 108 Å². The lowest BCUT2D eigenvalue weighted by molar-refractivity contribution is -2.00. The third kappa shape index (κ3) is 5.36. The molecule has 3 aromatic carbocycles. The van der Waals surface area contributed by atoms with E-state index in [4.69, 9.17) is 18.6 Å². The summed E-state index contributed by atoms with van der Waals surface area (Å²) in [6.07, 6.45) is 0. The minimum absolute atomic E-state index is 0.0785. The molecule has 36 heavy (non-hydrogen) atoms. The Bertz CT molecular complexity index is 1370. The first kappa shape index (κ1) is 26.0. The molecular formula is C30H30ClNO4. The van der Waals surface area contributed by atoms with Crippen molar-refractivity contribution in [1.82, 2.24) is 0 Å². The largest absolute Gasteiger partial charge is 0.222 e. The van der Waals surface area contributed by atoms with Gasteiger partial charge in [-0.3, -0.25) is 0 Å². The van der Waals surface area contributed by atoms with Gasteiger partial charge in [0.05, 0.1) is 5.41 Å². The maximum atomic E-state index is 8.49. The summed E-state index contributed by atoms with van der Waals surface area (Å²) in [5.74, 6) is 0. The number of hydrogen-bond acceptors (Lipinski definition) is 4. The zero-order valence-electron chi connectivity index (χ0n) is 21.1. The molecule has 0 saturated carbocycles. The molecule has 186 valence electrons. The number of fused-ring (bicyclic) bond motifs is 3. The zero-order valence-corrected chi connectivity index (χ0v) is 21.9. The minimum Gasteiger partial charge on any atom is -0.222 e. The van der Waals surface area contributed by atoms with E-state index in [1.165, 1.54) is 44.9 Å². The minimum atomic E-state index is -4.94. The topological polar surface area (TPSA) is 96.1 Å². The van der Waals surface area contributed by atoms with Gasteiger partial charge in [0.2, 0.25) is 11.4 Å². The van der Waals surface area contributed by atoms with Gasteiger partial charge >= 0.3 is 0 Å². The number of hydrogen-bond donors (Lipinski definition) is 0. The van der Waals surface area contributed by atoms with Crippen molar-refractivity contribution in [3.8, 4) is 28.1 Å². The first-order valence-electron chi connectivity index (χ1n) is 11.8. The van der Waals surface area contributed by atoms with Gasteiger partial charge in [0.1, 0.15) is 0 Å². The highest BCUT2D eigenvalue weighted by atomic mass is 35.7. The summed E-state index contributed by atoms with van der Waals surface area (Å²) >= 11 is 0. The van der Waals surface area contributed by atoms with Crippen molar-refractivity contribution in [2.24, 2.45) is 0 Å². The van der Waals surface area contributed by atoms with E-state index in [0.717, 1.165) is 0 Å². The van der Waals surface area contributed by atoms with Crippen molar-refractivity contribution in [1.29, 1.82) is 0 Å². The summed E-state index contributed by atoms with van der Waals surface area (Å²) in [6, 6.07) is 33.3. The van der Waals surface area contributed by atoms with Crippen LogP contribution in [0.1, 0.15) is 51.4 Å². The Labute approximate surface area is 214 Å². The molecular weight excluding hydrogens is 474 g/mol. The van der Waals surface area contributed by atoms with Crippen LogP contribution in [0.3, 0.4) is 0 Å². The van der Waals surface area contributed by atoms with Crippen LogP contribution in [0.15, 0.2) is 91.0 Å². The standard InChI is InChI=1S/C30H30N.ClHO4/c1-29(2,3)24-16-17-26-25(20-24)30(4,5)28-19-23(21-12-8-6-9-13-21)18-27(31(26)28)22-14-10-7-11-15-22;2-1(3,4)5/h6-20H,1-5H3;(H,2,3,4,5)/q+1;/p-1. The van der Waals surface area contributed by atoms with Crippen molar-refractivity contribution >= 4 is 0 Å². The molecule has 0 radical (unpaired) electrons. The third-order valence-electron chi connectivity index (χ3n) is 6.66. The van der Waals surface area contributed by atoms with Gasteiger partial charge in [-0.25, -0.2) is 18.6 Å². The summed E-state index contributed by atoms with van der Waals surface area (Å²) < 4.78 is 36.4. The first-order chi connectivity index (χ1) is 16.8. The van der Waals surface area contributed by atoms with E-state index < -0.39 is 10.2 Å². The molecule has 0 aliphatic carbocycles. The van der Waals surface area contributed by atoms with Crippen LogP contribution < -0.4 is 23.2 Å². The van der Waals surface area contributed by atoms with Gasteiger partial charge in [0.15, 0.2) is 5.69 Å². The molecule has 6 heteroatoms. The average Bonchev–Trinajstić information content (AvgIpc) is 3.04. The predicted octanol–water partition coefficient (Wildman–Crippen LogP) is 2.48. The Hall–Kier alpha value is -3.06. The predicted molar refractivity (Wildman–Crippen MR) is 130 cm³/mol. The van der Waals surface area contributed by atoms with Crippen molar-refractivity contribution < 1.29 is 33.4 Å². The lowest BCUT2D eigenvalue weighted by atomic mass is 9.79. The molecule has 1 aliphatic heterocycles. The molecule has 5 nitrogen and oxygen atoms in total. The van der Waals surface area contributed by atoms with Crippen LogP contribution in [-0.2, 0) is 10.8 Å². The molecule has 0 saturated heterocycles. The number of pyridine rings is 1. The van der Waals surface area contributed by atoms with E-state index in [9.17, 15) is 0 Å². The molecule has 5 rings (SSSR count). The van der Waals surface area contributed by atoms with E-state index in [2.05, 4.69) is 130 Å². The molecule has 0 atom stereocenters. The summed E-state index contributed by atoms with van der Waals surface area (Å²) in [7, 11) is -4.94. The van der Waals surface area contributed by atoms with Gasteiger partial charge in [-0.2, -0.15) is 4.57 Å². The smallest absolute Gasteiger partial charge is 0.219 e. The molecule has 0 amide bonds. The van der Waals surface area contributed by atoms with Crippen molar-refractivity contribution in [3.63, 3.8) is 0 Å². The van der Waals surface area contributed by atoms with Crippen LogP contribution in [0.5, 0.6) is 0 Å². The zero-order chi connectivity index (χ0) is 26.3. The van der Waals surface area contributed by atoms with Crippen LogP contribution in [0, 0.1) is 10.2 Å². The lowest BCUT2D eigenvalue weighted by Gasteiger charge is -2.21. The van der Waals surface area contributed by atoms with Crippen LogP contribution in [0.4, 0.5) is 0 Å². The third-order valence-corrected chi connectivity index (χ3v) is 6.66. The van der Waals surface area contributed by atoms with E-state index in [0.29, 0.717) is 0 Å². The van der Waals surface area contributed by atoms with Gasteiger partial charge in [-0.1, -0.05) is 75.4 Å². The van der Waals surface area contributed by atoms with Crippen LogP contribution in [0.25, 0.3) is 28.1 Å². The van der Waals surface area contributed by atoms with Crippen LogP contribution in [0.2, 0.25) is 0 Å². The fraction of sp³-hybridized carbons (Fsp3) is 0.233. The molecule has 2 heterocycles. The Morgan fingerprint density at radius 3 is 1.72 bits per heavy atom. The fourth-order valence-electron chi connectivity index (χ4n) is 4.77. The second kappa shape index (κ2) is 9.43. The Morgan fingerprint density at radius 2 is 1.19 bits per heavy atom. The SMILES string of the molecule is CC(C)(C)c1ccc2c(c1)C(C)(C)c1cc(-c3ccccc3)cc(-c3ccccc3)[n+]1-2.[O-][Cl+3]([O-])([O-])[O-]. The van der Waals surface area contributed by atoms with Gasteiger partial charge in [-0.05, 0) is 54.2 Å². The molecule has 0 fully saturated rings. The number of aromatic nitrogens is 1. The Balaban J connectivity index is 0.000000556. The summed E-state index contributed by atoms with van der Waals surface area (Å²) in [5.41, 5.74) is 10.5. The van der Waals surface area contributed by atoms with Crippen molar-refractivity contribution in [2.45, 2.75) is 45.4 Å². The maximum Gasteiger partial charge on any atom is 0.219 e. The molecule has 0 N–H and O–H groups in total. The first-order valence-corrected chi connectivity index (χ1v) is 13.0. The summed E-state index contributed by atoms with van der Waals surface area (Å²) in [5, 5.41) is 0. The van der Waals surface area contributed by atoms with Crippen LogP contribution >= 0.6 is 0 Å². The number of rotatable bonds is 2. The number of nitrogens with zero attached hydrogens (tertiary/aromatic N) is 1. The molecule has 1 aromatic heterocycles. The highest BCUT2D eigenvalue weighted by molar-refractivity contribution is 5.71. The van der Waals surface area contributed by atoms with E-state index in [-0.39, 0.29) is 10.8 Å². The fourth-order valence-corrected chi connectivity index (χ4v) is 4.77. The Morgan fingerprint density at radius 1 is 0.667 bits per heavy atom. The van der Waals surface area contributed by atoms with Crippen molar-refractivity contribution in [2.75, 3.05) is 0 Å². The molecule has 0 bridgehead atoms. The second-order valence-electron chi connectivity index (χ2n) is 10.6. The second-order valence-corrected chi connectivity index (χ2v) is 11.3. The molecule has 0 spiro atoms. The summed E-state index contributed by atoms with van der Waals surface area (Å²) in [4.78, 5) is 0. The monoisotopic (exact) mass is 503 g/mol. The quantitative estimate of drug-likeness (QED) is 0.392. The summed E-state index contributed by atoms with van der Waals surface area (Å²) in [6.45, 7) is 11.6. The lowest BCUT2D eigenvalue weighted by Crippen LogP contribution is -2.68. The van der Waals surface area contributed by atoms with Gasteiger partial charge in [0.25, 0.3) is 0 Å². The Kier molecular flexibility index (Phi) is 6.82.